The van der Waals surface area contributed by atoms with Gasteiger partial charge in [0.05, 0.1) is 19.3 Å². The number of carbonyl (C=O) groups excluding carboxylic acids is 3. The molecule has 0 atom stereocenters. The van der Waals surface area contributed by atoms with Crippen LogP contribution in [0, 0.1) is 6.92 Å². The van der Waals surface area contributed by atoms with Gasteiger partial charge in [0.25, 0.3) is 11.8 Å². The number of imide groups is 2. The fourth-order valence-electron chi connectivity index (χ4n) is 3.91. The van der Waals surface area contributed by atoms with Crippen molar-refractivity contribution in [3.05, 3.63) is 88.9 Å². The lowest BCUT2D eigenvalue weighted by Gasteiger charge is -2.13. The molecule has 5 rings (SSSR count). The average Bonchev–Trinajstić information content (AvgIpc) is 3.37. The Balaban J connectivity index is 1.45. The third-order valence-electron chi connectivity index (χ3n) is 5.57. The van der Waals surface area contributed by atoms with Gasteiger partial charge in [-0.3, -0.25) is 20.2 Å². The molecular formula is C24H20N6O3. The first-order chi connectivity index (χ1) is 16.0. The summed E-state index contributed by atoms with van der Waals surface area (Å²) in [6.07, 6.45) is 5.26. The molecule has 2 aromatic heterocycles. The van der Waals surface area contributed by atoms with Crippen LogP contribution in [-0.2, 0) is 22.7 Å². The molecule has 9 nitrogen and oxygen atoms in total. The molecule has 4 amide bonds. The third kappa shape index (κ3) is 4.03. The second kappa shape index (κ2) is 8.19. The molecule has 1 aliphatic rings. The Labute approximate surface area is 188 Å². The zero-order valence-corrected chi connectivity index (χ0v) is 17.8. The van der Waals surface area contributed by atoms with Crippen molar-refractivity contribution < 1.29 is 14.4 Å². The second-order valence-corrected chi connectivity index (χ2v) is 7.86. The fourth-order valence-corrected chi connectivity index (χ4v) is 3.91. The summed E-state index contributed by atoms with van der Waals surface area (Å²) in [6.45, 7) is 3.17. The molecule has 9 heteroatoms. The summed E-state index contributed by atoms with van der Waals surface area (Å²) in [5, 5.41) is 13.6. The number of nitrogens with one attached hydrogen (secondary N) is 2. The molecule has 0 saturated carbocycles. The van der Waals surface area contributed by atoms with Gasteiger partial charge in [0.1, 0.15) is 11.3 Å². The van der Waals surface area contributed by atoms with E-state index in [1.807, 2.05) is 53.4 Å². The molecule has 2 N–H and O–H groups in total. The SMILES string of the molecule is Cc1ccccc1Cn1cc(Cn2cc(C=C3C(=O)NC(=O)NC3=O)c3ccccc32)nn1. The van der Waals surface area contributed by atoms with Crippen LogP contribution in [0.4, 0.5) is 4.79 Å². The van der Waals surface area contributed by atoms with Crippen LogP contribution < -0.4 is 10.6 Å². The second-order valence-electron chi connectivity index (χ2n) is 7.86. The molecule has 0 bridgehead atoms. The van der Waals surface area contributed by atoms with Crippen molar-refractivity contribution >= 4 is 34.8 Å². The first-order valence-electron chi connectivity index (χ1n) is 10.4. The van der Waals surface area contributed by atoms with E-state index in [9.17, 15) is 14.4 Å². The van der Waals surface area contributed by atoms with Gasteiger partial charge in [0.15, 0.2) is 0 Å². The Kier molecular flexibility index (Phi) is 5.06. The minimum atomic E-state index is -0.821. The number of amides is 4. The predicted octanol–water partition coefficient (Wildman–Crippen LogP) is 2.39. The number of benzene rings is 2. The quantitative estimate of drug-likeness (QED) is 0.366. The lowest BCUT2D eigenvalue weighted by Crippen LogP contribution is -2.51. The minimum absolute atomic E-state index is 0.123. The molecule has 0 spiro atoms. The van der Waals surface area contributed by atoms with E-state index in [2.05, 4.69) is 40.0 Å². The number of aryl methyl sites for hydroxylation is 1. The number of para-hydroxylation sites is 1. The highest BCUT2D eigenvalue weighted by atomic mass is 16.2. The predicted molar refractivity (Wildman–Crippen MR) is 121 cm³/mol. The van der Waals surface area contributed by atoms with Gasteiger partial charge in [0, 0.05) is 22.7 Å². The summed E-state index contributed by atoms with van der Waals surface area (Å²) in [5.74, 6) is -1.44. The van der Waals surface area contributed by atoms with Crippen LogP contribution in [0.5, 0.6) is 0 Å². The van der Waals surface area contributed by atoms with Crippen molar-refractivity contribution in [3.8, 4) is 0 Å². The van der Waals surface area contributed by atoms with E-state index in [1.165, 1.54) is 17.2 Å². The molecule has 4 aromatic rings. The zero-order chi connectivity index (χ0) is 22.9. The van der Waals surface area contributed by atoms with Gasteiger partial charge in [-0.25, -0.2) is 9.48 Å². The summed E-state index contributed by atoms with van der Waals surface area (Å²) >= 11 is 0. The molecule has 1 fully saturated rings. The van der Waals surface area contributed by atoms with Crippen molar-refractivity contribution in [2.45, 2.75) is 20.0 Å². The summed E-state index contributed by atoms with van der Waals surface area (Å²) in [6, 6.07) is 15.0. The van der Waals surface area contributed by atoms with E-state index in [1.54, 1.807) is 4.68 Å². The molecule has 2 aromatic carbocycles. The number of carbonyl (C=O) groups is 3. The van der Waals surface area contributed by atoms with Crippen molar-refractivity contribution in [2.75, 3.05) is 0 Å². The number of aromatic nitrogens is 4. The third-order valence-corrected chi connectivity index (χ3v) is 5.57. The Bertz CT molecular complexity index is 1420. The molecule has 164 valence electrons. The van der Waals surface area contributed by atoms with Gasteiger partial charge >= 0.3 is 6.03 Å². The maximum atomic E-state index is 12.1. The first kappa shape index (κ1) is 20.4. The van der Waals surface area contributed by atoms with Gasteiger partial charge < -0.3 is 4.57 Å². The minimum Gasteiger partial charge on any atom is -0.341 e. The highest BCUT2D eigenvalue weighted by Crippen LogP contribution is 2.25. The smallest absolute Gasteiger partial charge is 0.328 e. The molecule has 1 saturated heterocycles. The van der Waals surface area contributed by atoms with E-state index in [4.69, 9.17) is 0 Å². The molecule has 3 heterocycles. The number of rotatable bonds is 5. The summed E-state index contributed by atoms with van der Waals surface area (Å²) in [7, 11) is 0. The van der Waals surface area contributed by atoms with E-state index in [-0.39, 0.29) is 5.57 Å². The highest BCUT2D eigenvalue weighted by Gasteiger charge is 2.28. The van der Waals surface area contributed by atoms with E-state index >= 15 is 0 Å². The molecule has 0 unspecified atom stereocenters. The summed E-state index contributed by atoms with van der Waals surface area (Å²) in [4.78, 5) is 35.6. The van der Waals surface area contributed by atoms with Crippen LogP contribution in [-0.4, -0.2) is 37.4 Å². The van der Waals surface area contributed by atoms with Crippen molar-refractivity contribution in [1.29, 1.82) is 0 Å². The Morgan fingerprint density at radius 3 is 2.42 bits per heavy atom. The Morgan fingerprint density at radius 2 is 1.64 bits per heavy atom. The fraction of sp³-hybridized carbons (Fsp3) is 0.125. The van der Waals surface area contributed by atoms with Crippen LogP contribution >= 0.6 is 0 Å². The highest BCUT2D eigenvalue weighted by molar-refractivity contribution is 6.31. The number of barbiturate groups is 1. The van der Waals surface area contributed by atoms with Crippen molar-refractivity contribution in [1.82, 2.24) is 30.2 Å². The number of hydrogen-bond donors (Lipinski definition) is 2. The van der Waals surface area contributed by atoms with Crippen molar-refractivity contribution in [2.24, 2.45) is 0 Å². The number of urea groups is 1. The Hall–Kier alpha value is -4.53. The number of hydrogen-bond acceptors (Lipinski definition) is 5. The molecular weight excluding hydrogens is 420 g/mol. The Morgan fingerprint density at radius 1 is 0.909 bits per heavy atom. The average molecular weight is 440 g/mol. The van der Waals surface area contributed by atoms with Gasteiger partial charge in [-0.1, -0.05) is 47.7 Å². The van der Waals surface area contributed by atoms with Crippen molar-refractivity contribution in [3.63, 3.8) is 0 Å². The van der Waals surface area contributed by atoms with Gasteiger partial charge in [-0.05, 0) is 30.2 Å². The lowest BCUT2D eigenvalue weighted by atomic mass is 10.1. The maximum absolute atomic E-state index is 12.1. The summed E-state index contributed by atoms with van der Waals surface area (Å²) in [5.41, 5.74) is 4.64. The largest absolute Gasteiger partial charge is 0.341 e. The van der Waals surface area contributed by atoms with Gasteiger partial charge in [-0.15, -0.1) is 5.10 Å². The summed E-state index contributed by atoms with van der Waals surface area (Å²) < 4.78 is 3.80. The standard InChI is InChI=1S/C24H20N6O3/c1-15-6-2-3-7-16(15)12-30-14-18(27-28-30)13-29-11-17(19-8-4-5-9-21(19)29)10-20-22(31)25-24(33)26-23(20)32/h2-11,14H,12-13H2,1H3,(H2,25,26,31,32,33). The van der Waals surface area contributed by atoms with E-state index in [0.29, 0.717) is 18.7 Å². The zero-order valence-electron chi connectivity index (χ0n) is 17.8. The maximum Gasteiger partial charge on any atom is 0.328 e. The van der Waals surface area contributed by atoms with Gasteiger partial charge in [0.2, 0.25) is 0 Å². The van der Waals surface area contributed by atoms with Gasteiger partial charge in [-0.2, -0.15) is 0 Å². The first-order valence-corrected chi connectivity index (χ1v) is 10.4. The molecule has 0 aliphatic carbocycles. The van der Waals surface area contributed by atoms with Crippen LogP contribution in [0.2, 0.25) is 0 Å². The van der Waals surface area contributed by atoms with Crippen LogP contribution in [0.15, 0.2) is 66.5 Å². The normalized spacial score (nSPS) is 13.8. The topological polar surface area (TPSA) is 111 Å². The number of nitrogens with zero attached hydrogens (tertiary/aromatic N) is 4. The number of fused-ring (bicyclic) bond motifs is 1. The molecule has 33 heavy (non-hydrogen) atoms. The monoisotopic (exact) mass is 440 g/mol. The molecule has 0 radical (unpaired) electrons. The van der Waals surface area contributed by atoms with E-state index in [0.717, 1.165) is 16.6 Å². The van der Waals surface area contributed by atoms with Crippen LogP contribution in [0.1, 0.15) is 22.4 Å². The lowest BCUT2D eigenvalue weighted by molar-refractivity contribution is -0.123. The van der Waals surface area contributed by atoms with E-state index < -0.39 is 17.8 Å². The van der Waals surface area contributed by atoms with Crippen LogP contribution in [0.25, 0.3) is 17.0 Å². The van der Waals surface area contributed by atoms with Crippen LogP contribution in [0.3, 0.4) is 0 Å². The molecule has 1 aliphatic heterocycles.